The summed E-state index contributed by atoms with van der Waals surface area (Å²) >= 11 is 0. The fraction of sp³-hybridized carbons (Fsp3) is 0.0952. The Balaban J connectivity index is 1.69. The van der Waals surface area contributed by atoms with Gasteiger partial charge in [0.25, 0.3) is 11.9 Å². The molecule has 0 saturated heterocycles. The van der Waals surface area contributed by atoms with Crippen molar-refractivity contribution in [2.45, 2.75) is 13.8 Å². The first-order valence-electron chi connectivity index (χ1n) is 8.82. The van der Waals surface area contributed by atoms with Gasteiger partial charge in [-0.05, 0) is 54.3 Å². The van der Waals surface area contributed by atoms with Crippen molar-refractivity contribution >= 4 is 36.1 Å². The molecule has 0 radical (unpaired) electrons. The molecule has 0 atom stereocenters. The van der Waals surface area contributed by atoms with Gasteiger partial charge >= 0.3 is 5.97 Å². The molecule has 9 heteroatoms. The SMILES string of the molecule is C=C(O)c1ccc(C=Nc2nnc(N=Cc3ccc(C(=O)O)c(C)c3)nn2)cc1C. The molecule has 2 N–H and O–H groups in total. The average molecular weight is 402 g/mol. The van der Waals surface area contributed by atoms with E-state index in [1.807, 2.05) is 13.0 Å². The van der Waals surface area contributed by atoms with Crippen LogP contribution in [0.2, 0.25) is 0 Å². The van der Waals surface area contributed by atoms with Crippen LogP contribution >= 0.6 is 0 Å². The molecule has 0 saturated carbocycles. The Labute approximate surface area is 172 Å². The molecule has 0 aliphatic rings. The number of aliphatic hydroxyl groups is 1. The highest BCUT2D eigenvalue weighted by molar-refractivity contribution is 5.91. The molecule has 1 heterocycles. The van der Waals surface area contributed by atoms with Gasteiger partial charge in [0.1, 0.15) is 5.76 Å². The van der Waals surface area contributed by atoms with Crippen LogP contribution in [0, 0.1) is 13.8 Å². The number of rotatable bonds is 6. The van der Waals surface area contributed by atoms with E-state index in [2.05, 4.69) is 37.0 Å². The van der Waals surface area contributed by atoms with Crippen LogP contribution in [0.3, 0.4) is 0 Å². The van der Waals surface area contributed by atoms with Crippen LogP contribution in [0.15, 0.2) is 53.0 Å². The predicted octanol–water partition coefficient (Wildman–Crippen LogP) is 3.61. The van der Waals surface area contributed by atoms with Gasteiger partial charge in [-0.15, -0.1) is 20.4 Å². The monoisotopic (exact) mass is 402 g/mol. The minimum absolute atomic E-state index is 0.0110. The number of carboxylic acid groups (broad SMARTS) is 1. The van der Waals surface area contributed by atoms with E-state index in [-0.39, 0.29) is 23.2 Å². The lowest BCUT2D eigenvalue weighted by molar-refractivity contribution is 0.0696. The van der Waals surface area contributed by atoms with Crippen molar-refractivity contribution in [1.29, 1.82) is 0 Å². The molecule has 9 nitrogen and oxygen atoms in total. The van der Waals surface area contributed by atoms with Crippen LogP contribution in [0.1, 0.15) is 38.2 Å². The average Bonchev–Trinajstić information content (AvgIpc) is 2.71. The smallest absolute Gasteiger partial charge is 0.335 e. The number of carboxylic acids is 1. The Morgan fingerprint density at radius 2 is 1.27 bits per heavy atom. The Morgan fingerprint density at radius 1 is 0.833 bits per heavy atom. The molecule has 0 unspecified atom stereocenters. The van der Waals surface area contributed by atoms with E-state index in [1.54, 1.807) is 37.4 Å². The molecule has 1 aromatic heterocycles. The zero-order chi connectivity index (χ0) is 21.7. The van der Waals surface area contributed by atoms with Crippen LogP contribution < -0.4 is 0 Å². The van der Waals surface area contributed by atoms with Crippen LogP contribution in [0.25, 0.3) is 5.76 Å². The molecule has 0 aliphatic heterocycles. The van der Waals surface area contributed by atoms with Crippen molar-refractivity contribution in [2.24, 2.45) is 9.98 Å². The van der Waals surface area contributed by atoms with Crippen molar-refractivity contribution in [3.8, 4) is 0 Å². The number of aromatic carboxylic acids is 1. The highest BCUT2D eigenvalue weighted by Gasteiger charge is 2.06. The maximum atomic E-state index is 11.1. The summed E-state index contributed by atoms with van der Waals surface area (Å²) in [4.78, 5) is 19.3. The maximum absolute atomic E-state index is 11.1. The molecule has 150 valence electrons. The van der Waals surface area contributed by atoms with Gasteiger partial charge < -0.3 is 10.2 Å². The van der Waals surface area contributed by atoms with Crippen LogP contribution in [-0.4, -0.2) is 49.0 Å². The molecule has 0 spiro atoms. The lowest BCUT2D eigenvalue weighted by atomic mass is 10.0. The summed E-state index contributed by atoms with van der Waals surface area (Å²) in [6, 6.07) is 10.2. The summed E-state index contributed by atoms with van der Waals surface area (Å²) in [5, 5.41) is 34.0. The van der Waals surface area contributed by atoms with Gasteiger partial charge in [0, 0.05) is 18.0 Å². The minimum Gasteiger partial charge on any atom is -0.508 e. The Kier molecular flexibility index (Phi) is 6.02. The highest BCUT2D eigenvalue weighted by Crippen LogP contribution is 2.16. The molecule has 0 fully saturated rings. The minimum atomic E-state index is -0.978. The first kappa shape index (κ1) is 20.5. The third-order valence-electron chi connectivity index (χ3n) is 4.16. The Hall–Kier alpha value is -4.27. The zero-order valence-electron chi connectivity index (χ0n) is 16.3. The second-order valence-corrected chi connectivity index (χ2v) is 6.42. The van der Waals surface area contributed by atoms with E-state index in [4.69, 9.17) is 5.11 Å². The molecule has 3 rings (SSSR count). The van der Waals surface area contributed by atoms with E-state index in [1.165, 1.54) is 12.3 Å². The van der Waals surface area contributed by atoms with Gasteiger partial charge in [-0.2, -0.15) is 0 Å². The second kappa shape index (κ2) is 8.82. The van der Waals surface area contributed by atoms with E-state index >= 15 is 0 Å². The standard InChI is InChI=1S/C21H18N6O3/c1-12-8-15(4-6-17(12)14(3)28)10-22-20-24-26-21(27-25-20)23-11-16-5-7-18(19(29)30)13(2)9-16/h4-11,28H,3H2,1-2H3,(H,29,30). The van der Waals surface area contributed by atoms with Crippen molar-refractivity contribution in [3.05, 3.63) is 76.4 Å². The zero-order valence-corrected chi connectivity index (χ0v) is 16.3. The number of nitrogens with zero attached hydrogens (tertiary/aromatic N) is 6. The summed E-state index contributed by atoms with van der Waals surface area (Å²) in [6.07, 6.45) is 3.06. The van der Waals surface area contributed by atoms with Gasteiger partial charge in [-0.25, -0.2) is 14.8 Å². The molecular formula is C21H18N6O3. The van der Waals surface area contributed by atoms with E-state index in [0.717, 1.165) is 11.1 Å². The normalized spacial score (nSPS) is 11.3. The number of aliphatic imine (C=N–C) groups is 2. The molecule has 0 aliphatic carbocycles. The Bertz CT molecular complexity index is 1080. The molecule has 2 aromatic carbocycles. The maximum Gasteiger partial charge on any atom is 0.335 e. The molecule has 30 heavy (non-hydrogen) atoms. The van der Waals surface area contributed by atoms with Crippen molar-refractivity contribution in [3.63, 3.8) is 0 Å². The van der Waals surface area contributed by atoms with E-state index < -0.39 is 5.97 Å². The summed E-state index contributed by atoms with van der Waals surface area (Å²) in [5.41, 5.74) is 3.89. The molecular weight excluding hydrogens is 384 g/mol. The number of carbonyl (C=O) groups is 1. The number of aromatic nitrogens is 4. The lowest BCUT2D eigenvalue weighted by Gasteiger charge is -2.04. The number of benzene rings is 2. The van der Waals surface area contributed by atoms with Gasteiger partial charge in [-0.3, -0.25) is 0 Å². The lowest BCUT2D eigenvalue weighted by Crippen LogP contribution is -2.00. The van der Waals surface area contributed by atoms with Gasteiger partial charge in [0.05, 0.1) is 5.56 Å². The quantitative estimate of drug-likeness (QED) is 0.475. The molecule has 0 amide bonds. The second-order valence-electron chi connectivity index (χ2n) is 6.42. The van der Waals surface area contributed by atoms with Gasteiger partial charge in [0.15, 0.2) is 0 Å². The van der Waals surface area contributed by atoms with E-state index in [0.29, 0.717) is 16.7 Å². The van der Waals surface area contributed by atoms with Crippen LogP contribution in [0.4, 0.5) is 11.9 Å². The van der Waals surface area contributed by atoms with Crippen molar-refractivity contribution in [1.82, 2.24) is 20.4 Å². The predicted molar refractivity (Wildman–Crippen MR) is 113 cm³/mol. The highest BCUT2D eigenvalue weighted by atomic mass is 16.4. The summed E-state index contributed by atoms with van der Waals surface area (Å²) in [7, 11) is 0. The third kappa shape index (κ3) is 4.96. The van der Waals surface area contributed by atoms with Gasteiger partial charge in [0.2, 0.25) is 0 Å². The summed E-state index contributed by atoms with van der Waals surface area (Å²) < 4.78 is 0. The summed E-state index contributed by atoms with van der Waals surface area (Å²) in [6.45, 7) is 7.09. The number of hydrogen-bond donors (Lipinski definition) is 2. The fourth-order valence-corrected chi connectivity index (χ4v) is 2.68. The summed E-state index contributed by atoms with van der Waals surface area (Å²) in [5.74, 6) is -0.842. The fourth-order valence-electron chi connectivity index (χ4n) is 2.68. The Morgan fingerprint density at radius 3 is 1.63 bits per heavy atom. The topological polar surface area (TPSA) is 134 Å². The largest absolute Gasteiger partial charge is 0.508 e. The van der Waals surface area contributed by atoms with Gasteiger partial charge in [-0.1, -0.05) is 24.8 Å². The molecule has 3 aromatic rings. The number of aryl methyl sites for hydroxylation is 2. The molecule has 0 bridgehead atoms. The van der Waals surface area contributed by atoms with Crippen LogP contribution in [0.5, 0.6) is 0 Å². The first-order valence-corrected chi connectivity index (χ1v) is 8.82. The number of hydrogen-bond acceptors (Lipinski definition) is 8. The third-order valence-corrected chi connectivity index (χ3v) is 4.16. The first-order chi connectivity index (χ1) is 14.3. The van der Waals surface area contributed by atoms with Crippen LogP contribution in [-0.2, 0) is 0 Å². The van der Waals surface area contributed by atoms with Crippen molar-refractivity contribution in [2.75, 3.05) is 0 Å². The van der Waals surface area contributed by atoms with E-state index in [9.17, 15) is 9.90 Å². The van der Waals surface area contributed by atoms with Crippen molar-refractivity contribution < 1.29 is 15.0 Å². The number of aliphatic hydroxyl groups excluding tert-OH is 1.